The van der Waals surface area contributed by atoms with Gasteiger partial charge in [0.2, 0.25) is 11.9 Å². The number of likely N-dealkylation sites (tertiary alicyclic amines) is 1. The lowest BCUT2D eigenvalue weighted by atomic mass is 9.94. The molecule has 168 valence electrons. The molecular weight excluding hydrogens is 424 g/mol. The molecule has 2 saturated heterocycles. The van der Waals surface area contributed by atoms with Gasteiger partial charge < -0.3 is 14.4 Å². The van der Waals surface area contributed by atoms with Gasteiger partial charge >= 0.3 is 0 Å². The van der Waals surface area contributed by atoms with Crippen molar-refractivity contribution in [3.8, 4) is 0 Å². The zero-order valence-corrected chi connectivity index (χ0v) is 19.2. The first-order valence-corrected chi connectivity index (χ1v) is 11.7. The summed E-state index contributed by atoms with van der Waals surface area (Å²) in [5, 5.41) is 1.99. The van der Waals surface area contributed by atoms with E-state index in [-0.39, 0.29) is 5.92 Å². The number of hydrogen-bond acceptors (Lipinski definition) is 5. The van der Waals surface area contributed by atoms with E-state index in [9.17, 15) is 4.79 Å². The molecule has 3 aromatic rings. The predicted molar refractivity (Wildman–Crippen MR) is 127 cm³/mol. The topological polar surface area (TPSA) is 57.5 Å². The molecule has 8 heteroatoms. The molecule has 7 nitrogen and oxygen atoms in total. The molecular formula is C24H29ClN6O. The van der Waals surface area contributed by atoms with Crippen molar-refractivity contribution >= 4 is 34.4 Å². The second-order valence-electron chi connectivity index (χ2n) is 8.84. The zero-order chi connectivity index (χ0) is 22.1. The smallest absolute Gasteiger partial charge is 0.225 e. The van der Waals surface area contributed by atoms with Crippen molar-refractivity contribution in [2.75, 3.05) is 44.2 Å². The van der Waals surface area contributed by atoms with Gasteiger partial charge in [0.1, 0.15) is 0 Å². The zero-order valence-electron chi connectivity index (χ0n) is 18.5. The molecule has 1 aromatic carbocycles. The molecule has 2 aromatic heterocycles. The summed E-state index contributed by atoms with van der Waals surface area (Å²) in [6, 6.07) is 7.90. The molecule has 0 radical (unpaired) electrons. The normalized spacial score (nSPS) is 18.4. The van der Waals surface area contributed by atoms with E-state index >= 15 is 0 Å². The van der Waals surface area contributed by atoms with Crippen LogP contribution in [0.2, 0.25) is 5.02 Å². The summed E-state index contributed by atoms with van der Waals surface area (Å²) < 4.78 is 2.16. The summed E-state index contributed by atoms with van der Waals surface area (Å²) in [4.78, 5) is 28.4. The van der Waals surface area contributed by atoms with Crippen LogP contribution >= 0.6 is 11.6 Å². The van der Waals surface area contributed by atoms with Gasteiger partial charge in [-0.3, -0.25) is 9.69 Å². The van der Waals surface area contributed by atoms with Crippen LogP contribution in [-0.4, -0.2) is 69.5 Å². The van der Waals surface area contributed by atoms with Crippen molar-refractivity contribution in [3.63, 3.8) is 0 Å². The highest BCUT2D eigenvalue weighted by Gasteiger charge is 2.31. The van der Waals surface area contributed by atoms with Crippen LogP contribution < -0.4 is 4.90 Å². The number of amides is 1. The Morgan fingerprint density at radius 1 is 1.06 bits per heavy atom. The van der Waals surface area contributed by atoms with Gasteiger partial charge in [0.25, 0.3) is 0 Å². The summed E-state index contributed by atoms with van der Waals surface area (Å²) in [5.74, 6) is 1.20. The molecule has 5 rings (SSSR count). The average molecular weight is 453 g/mol. The van der Waals surface area contributed by atoms with Crippen LogP contribution in [0.3, 0.4) is 0 Å². The number of anilines is 1. The number of piperidine rings is 1. The second kappa shape index (κ2) is 9.08. The van der Waals surface area contributed by atoms with Crippen LogP contribution in [0.5, 0.6) is 0 Å². The van der Waals surface area contributed by atoms with E-state index in [1.54, 1.807) is 12.4 Å². The maximum absolute atomic E-state index is 13.1. The van der Waals surface area contributed by atoms with E-state index in [2.05, 4.69) is 49.7 Å². The van der Waals surface area contributed by atoms with Crippen LogP contribution in [0.4, 0.5) is 5.95 Å². The van der Waals surface area contributed by atoms with Crippen LogP contribution in [0, 0.1) is 5.92 Å². The fourth-order valence-electron chi connectivity index (χ4n) is 4.99. The molecule has 2 fully saturated rings. The molecule has 0 saturated carbocycles. The summed E-state index contributed by atoms with van der Waals surface area (Å²) >= 11 is 6.24. The molecule has 2 aliphatic rings. The summed E-state index contributed by atoms with van der Waals surface area (Å²) in [7, 11) is 2.08. The number of fused-ring (bicyclic) bond motifs is 1. The number of rotatable bonds is 4. The number of aromatic nitrogens is 3. The molecule has 0 aliphatic carbocycles. The Morgan fingerprint density at radius 3 is 2.50 bits per heavy atom. The van der Waals surface area contributed by atoms with E-state index < -0.39 is 0 Å². The standard InChI is InChI=1S/C24H29ClN6O/c1-28-16-19(21-15-20(25)3-4-22(21)28)17-29-9-5-18(6-10-29)23(32)30-11-13-31(14-12-30)24-26-7-2-8-27-24/h2-4,7-8,15-16,18H,5-6,9-14,17H2,1H3. The van der Waals surface area contributed by atoms with E-state index in [1.807, 2.05) is 17.0 Å². The van der Waals surface area contributed by atoms with Crippen molar-refractivity contribution in [1.82, 2.24) is 24.3 Å². The fourth-order valence-corrected chi connectivity index (χ4v) is 5.16. The number of hydrogen-bond donors (Lipinski definition) is 0. The Bertz CT molecular complexity index is 1080. The highest BCUT2D eigenvalue weighted by molar-refractivity contribution is 6.31. The molecule has 4 heterocycles. The molecule has 32 heavy (non-hydrogen) atoms. The first-order valence-electron chi connectivity index (χ1n) is 11.3. The van der Waals surface area contributed by atoms with E-state index in [1.165, 1.54) is 16.5 Å². The first kappa shape index (κ1) is 21.2. The van der Waals surface area contributed by atoms with Crippen molar-refractivity contribution in [3.05, 3.63) is 53.4 Å². The Labute approximate surface area is 193 Å². The number of carbonyl (C=O) groups excluding carboxylic acids is 1. The van der Waals surface area contributed by atoms with E-state index in [4.69, 9.17) is 11.6 Å². The Balaban J connectivity index is 1.14. The Kier molecular flexibility index (Phi) is 6.02. The lowest BCUT2D eigenvalue weighted by Gasteiger charge is -2.38. The SMILES string of the molecule is Cn1cc(CN2CCC(C(=O)N3CCN(c4ncccn4)CC3)CC2)c2cc(Cl)ccc21. The highest BCUT2D eigenvalue weighted by atomic mass is 35.5. The first-order chi connectivity index (χ1) is 15.6. The minimum Gasteiger partial charge on any atom is -0.350 e. The fraction of sp³-hybridized carbons (Fsp3) is 0.458. The third kappa shape index (κ3) is 4.32. The average Bonchev–Trinajstić information content (AvgIpc) is 3.14. The van der Waals surface area contributed by atoms with Crippen LogP contribution in [0.25, 0.3) is 10.9 Å². The maximum atomic E-state index is 13.1. The van der Waals surface area contributed by atoms with Crippen LogP contribution in [0.15, 0.2) is 42.9 Å². The number of nitrogens with zero attached hydrogens (tertiary/aromatic N) is 6. The van der Waals surface area contributed by atoms with Crippen molar-refractivity contribution < 1.29 is 4.79 Å². The molecule has 0 bridgehead atoms. The maximum Gasteiger partial charge on any atom is 0.225 e. The lowest BCUT2D eigenvalue weighted by Crippen LogP contribution is -2.52. The quantitative estimate of drug-likeness (QED) is 0.608. The van der Waals surface area contributed by atoms with Gasteiger partial charge in [-0.2, -0.15) is 0 Å². The van der Waals surface area contributed by atoms with Gasteiger partial charge in [-0.25, -0.2) is 9.97 Å². The summed E-state index contributed by atoms with van der Waals surface area (Å²) in [6.45, 7) is 5.86. The number of benzene rings is 1. The van der Waals surface area contributed by atoms with Crippen molar-refractivity contribution in [2.24, 2.45) is 13.0 Å². The Morgan fingerprint density at radius 2 is 1.78 bits per heavy atom. The summed E-state index contributed by atoms with van der Waals surface area (Å²) in [6.07, 6.45) is 7.58. The number of halogens is 1. The monoisotopic (exact) mass is 452 g/mol. The van der Waals surface area contributed by atoms with Crippen molar-refractivity contribution in [2.45, 2.75) is 19.4 Å². The number of piperazine rings is 1. The molecule has 2 aliphatic heterocycles. The van der Waals surface area contributed by atoms with Gasteiger partial charge in [0, 0.05) is 80.2 Å². The van der Waals surface area contributed by atoms with Gasteiger partial charge in [-0.05, 0) is 55.8 Å². The third-order valence-corrected chi connectivity index (χ3v) is 7.03. The minimum absolute atomic E-state index is 0.132. The minimum atomic E-state index is 0.132. The summed E-state index contributed by atoms with van der Waals surface area (Å²) in [5.41, 5.74) is 2.50. The van der Waals surface area contributed by atoms with Gasteiger partial charge in [0.05, 0.1) is 0 Å². The predicted octanol–water partition coefficient (Wildman–Crippen LogP) is 3.18. The third-order valence-electron chi connectivity index (χ3n) is 6.79. The number of aryl methyl sites for hydroxylation is 1. The molecule has 1 amide bonds. The van der Waals surface area contributed by atoms with Gasteiger partial charge in [-0.15, -0.1) is 0 Å². The highest BCUT2D eigenvalue weighted by Crippen LogP contribution is 2.27. The second-order valence-corrected chi connectivity index (χ2v) is 9.27. The van der Waals surface area contributed by atoms with Crippen molar-refractivity contribution in [1.29, 1.82) is 0 Å². The number of carbonyl (C=O) groups is 1. The lowest BCUT2D eigenvalue weighted by molar-refractivity contribution is -0.137. The Hall–Kier alpha value is -2.64. The van der Waals surface area contributed by atoms with Gasteiger partial charge in [-0.1, -0.05) is 11.6 Å². The van der Waals surface area contributed by atoms with E-state index in [0.29, 0.717) is 5.91 Å². The molecule has 0 spiro atoms. The van der Waals surface area contributed by atoms with Gasteiger partial charge in [0.15, 0.2) is 0 Å². The van der Waals surface area contributed by atoms with Crippen LogP contribution in [0.1, 0.15) is 18.4 Å². The van der Waals surface area contributed by atoms with Crippen LogP contribution in [-0.2, 0) is 18.4 Å². The largest absolute Gasteiger partial charge is 0.350 e. The molecule has 0 N–H and O–H groups in total. The molecule has 0 atom stereocenters. The molecule has 0 unspecified atom stereocenters. The van der Waals surface area contributed by atoms with E-state index in [0.717, 1.165) is 69.6 Å².